The zero-order chi connectivity index (χ0) is 12.0. The molecule has 0 spiro atoms. The predicted octanol–water partition coefficient (Wildman–Crippen LogP) is 3.22. The molecule has 0 bridgehead atoms. The van der Waals surface area contributed by atoms with E-state index in [9.17, 15) is 4.79 Å². The summed E-state index contributed by atoms with van der Waals surface area (Å²) in [5.41, 5.74) is 3.20. The summed E-state index contributed by atoms with van der Waals surface area (Å²) < 4.78 is 0. The van der Waals surface area contributed by atoms with Gasteiger partial charge in [-0.05, 0) is 25.5 Å². The van der Waals surface area contributed by atoms with Gasteiger partial charge in [0.15, 0.2) is 5.78 Å². The zero-order valence-corrected chi connectivity index (χ0v) is 9.90. The predicted molar refractivity (Wildman–Crippen MR) is 67.0 cm³/mol. The molecule has 17 heavy (non-hydrogen) atoms. The van der Waals surface area contributed by atoms with Crippen LogP contribution in [0, 0.1) is 0 Å². The van der Waals surface area contributed by atoms with Gasteiger partial charge in [-0.25, -0.2) is 0 Å². The van der Waals surface area contributed by atoms with Crippen LogP contribution >= 0.6 is 0 Å². The van der Waals surface area contributed by atoms with Crippen molar-refractivity contribution in [3.05, 3.63) is 53.7 Å². The van der Waals surface area contributed by atoms with E-state index in [-0.39, 0.29) is 5.78 Å². The summed E-state index contributed by atoms with van der Waals surface area (Å²) in [6.45, 7) is 3.93. The molecule has 2 heteroatoms. The van der Waals surface area contributed by atoms with E-state index in [0.717, 1.165) is 22.4 Å². The highest BCUT2D eigenvalue weighted by atomic mass is 16.1. The molecule has 0 radical (unpaired) electrons. The zero-order valence-electron chi connectivity index (χ0n) is 9.90. The number of ketones is 1. The summed E-state index contributed by atoms with van der Waals surface area (Å²) in [6.07, 6.45) is 1.78. The minimum atomic E-state index is -0.488. The van der Waals surface area contributed by atoms with Gasteiger partial charge in [0.2, 0.25) is 0 Å². The Labute approximate surface area is 100 Å². The van der Waals surface area contributed by atoms with Crippen LogP contribution in [-0.2, 0) is 5.41 Å². The van der Waals surface area contributed by atoms with Crippen molar-refractivity contribution < 1.29 is 4.79 Å². The van der Waals surface area contributed by atoms with Gasteiger partial charge in [-0.15, -0.1) is 0 Å². The van der Waals surface area contributed by atoms with E-state index in [1.807, 2.05) is 50.2 Å². The maximum atomic E-state index is 12.5. The molecular formula is C15H13NO. The molecule has 3 rings (SSSR count). The van der Waals surface area contributed by atoms with Crippen molar-refractivity contribution in [2.24, 2.45) is 0 Å². The van der Waals surface area contributed by atoms with Gasteiger partial charge >= 0.3 is 0 Å². The molecule has 1 aromatic heterocycles. The number of pyridine rings is 1. The molecule has 0 aliphatic heterocycles. The van der Waals surface area contributed by atoms with Crippen molar-refractivity contribution >= 4 is 5.78 Å². The fourth-order valence-electron chi connectivity index (χ4n) is 2.47. The third kappa shape index (κ3) is 1.27. The Balaban J connectivity index is 2.42. The number of Topliss-reactive ketones (excluding diaryl/α,β-unsaturated/α-hetero) is 1. The monoisotopic (exact) mass is 223 g/mol. The van der Waals surface area contributed by atoms with E-state index in [1.165, 1.54) is 0 Å². The Kier molecular flexibility index (Phi) is 1.96. The molecule has 84 valence electrons. The van der Waals surface area contributed by atoms with Crippen molar-refractivity contribution in [3.8, 4) is 11.3 Å². The van der Waals surface area contributed by atoms with E-state index >= 15 is 0 Å². The number of carbonyl (C=O) groups excluding carboxylic acids is 1. The molecular weight excluding hydrogens is 210 g/mol. The van der Waals surface area contributed by atoms with Crippen LogP contribution < -0.4 is 0 Å². The summed E-state index contributed by atoms with van der Waals surface area (Å²) in [4.78, 5) is 16.9. The van der Waals surface area contributed by atoms with Gasteiger partial charge in [-0.3, -0.25) is 9.78 Å². The Morgan fingerprint density at radius 1 is 1.00 bits per heavy atom. The van der Waals surface area contributed by atoms with Gasteiger partial charge in [0.1, 0.15) is 0 Å². The molecule has 0 unspecified atom stereocenters. The number of hydrogen-bond acceptors (Lipinski definition) is 2. The van der Waals surface area contributed by atoms with E-state index in [1.54, 1.807) is 6.20 Å². The van der Waals surface area contributed by atoms with Crippen molar-refractivity contribution in [2.75, 3.05) is 0 Å². The van der Waals surface area contributed by atoms with Gasteiger partial charge in [0.25, 0.3) is 0 Å². The van der Waals surface area contributed by atoms with E-state index in [0.29, 0.717) is 0 Å². The minimum absolute atomic E-state index is 0.175. The number of aromatic nitrogens is 1. The Hall–Kier alpha value is -1.96. The summed E-state index contributed by atoms with van der Waals surface area (Å²) in [6, 6.07) is 11.6. The van der Waals surface area contributed by atoms with Crippen LogP contribution in [0.1, 0.15) is 29.8 Å². The standard InChI is InChI=1S/C15H13NO/c1-15(2)12-8-5-9-16-13(12)10-6-3-4-7-11(10)14(15)17/h3-9H,1-2H3. The van der Waals surface area contributed by atoms with Crippen molar-refractivity contribution in [1.82, 2.24) is 4.98 Å². The number of fused-ring (bicyclic) bond motifs is 3. The first-order chi connectivity index (χ1) is 8.12. The average molecular weight is 223 g/mol. The summed E-state index contributed by atoms with van der Waals surface area (Å²) in [5, 5.41) is 0. The lowest BCUT2D eigenvalue weighted by molar-refractivity contribution is 0.0906. The van der Waals surface area contributed by atoms with E-state index in [2.05, 4.69) is 4.98 Å². The molecule has 0 saturated heterocycles. The fraction of sp³-hybridized carbons (Fsp3) is 0.200. The van der Waals surface area contributed by atoms with Crippen LogP contribution in [0.4, 0.5) is 0 Å². The highest BCUT2D eigenvalue weighted by molar-refractivity contribution is 6.11. The third-order valence-corrected chi connectivity index (χ3v) is 3.48. The molecule has 0 N–H and O–H groups in total. The van der Waals surface area contributed by atoms with Gasteiger partial charge in [-0.1, -0.05) is 30.3 Å². The normalized spacial score (nSPS) is 16.2. The lowest BCUT2D eigenvalue weighted by Gasteiger charge is -2.31. The SMILES string of the molecule is CC1(C)C(=O)c2ccccc2-c2ncccc21. The van der Waals surface area contributed by atoms with Crippen LogP contribution in [0.3, 0.4) is 0 Å². The lowest BCUT2D eigenvalue weighted by Crippen LogP contribution is -2.33. The van der Waals surface area contributed by atoms with Crippen LogP contribution in [-0.4, -0.2) is 10.8 Å². The maximum Gasteiger partial charge on any atom is 0.173 e. The molecule has 2 aromatic rings. The summed E-state index contributed by atoms with van der Waals surface area (Å²) >= 11 is 0. The minimum Gasteiger partial charge on any atom is -0.293 e. The molecule has 0 saturated carbocycles. The Morgan fingerprint density at radius 3 is 2.47 bits per heavy atom. The van der Waals surface area contributed by atoms with Crippen LogP contribution in [0.25, 0.3) is 11.3 Å². The molecule has 0 fully saturated rings. The quantitative estimate of drug-likeness (QED) is 0.686. The van der Waals surface area contributed by atoms with Crippen LogP contribution in [0.5, 0.6) is 0 Å². The van der Waals surface area contributed by atoms with E-state index < -0.39 is 5.41 Å². The van der Waals surface area contributed by atoms with Crippen LogP contribution in [0.15, 0.2) is 42.6 Å². The number of carbonyl (C=O) groups is 1. The molecule has 1 heterocycles. The topological polar surface area (TPSA) is 30.0 Å². The van der Waals surface area contributed by atoms with Crippen molar-refractivity contribution in [2.45, 2.75) is 19.3 Å². The number of rotatable bonds is 0. The maximum absolute atomic E-state index is 12.5. The molecule has 1 aromatic carbocycles. The first-order valence-corrected chi connectivity index (χ1v) is 5.72. The second-order valence-corrected chi connectivity index (χ2v) is 4.90. The van der Waals surface area contributed by atoms with Crippen molar-refractivity contribution in [3.63, 3.8) is 0 Å². The Morgan fingerprint density at radius 2 is 1.71 bits per heavy atom. The second-order valence-electron chi connectivity index (χ2n) is 4.90. The largest absolute Gasteiger partial charge is 0.293 e. The van der Waals surface area contributed by atoms with Gasteiger partial charge in [0, 0.05) is 17.3 Å². The van der Waals surface area contributed by atoms with Crippen molar-refractivity contribution in [1.29, 1.82) is 0 Å². The van der Waals surface area contributed by atoms with E-state index in [4.69, 9.17) is 0 Å². The first kappa shape index (κ1) is 10.2. The third-order valence-electron chi connectivity index (χ3n) is 3.48. The molecule has 0 amide bonds. The summed E-state index contributed by atoms with van der Waals surface area (Å²) in [7, 11) is 0. The number of benzene rings is 1. The molecule has 1 aliphatic carbocycles. The first-order valence-electron chi connectivity index (χ1n) is 5.72. The van der Waals surface area contributed by atoms with Gasteiger partial charge in [0.05, 0.1) is 11.1 Å². The number of hydrogen-bond donors (Lipinski definition) is 0. The Bertz CT molecular complexity index is 614. The highest BCUT2D eigenvalue weighted by Gasteiger charge is 2.38. The lowest BCUT2D eigenvalue weighted by atomic mass is 9.71. The molecule has 1 aliphatic rings. The smallest absolute Gasteiger partial charge is 0.173 e. The highest BCUT2D eigenvalue weighted by Crippen LogP contribution is 2.41. The number of nitrogens with zero attached hydrogens (tertiary/aromatic N) is 1. The summed E-state index contributed by atoms with van der Waals surface area (Å²) in [5.74, 6) is 0.175. The fourth-order valence-corrected chi connectivity index (χ4v) is 2.47. The second kappa shape index (κ2) is 3.27. The van der Waals surface area contributed by atoms with Crippen LogP contribution in [0.2, 0.25) is 0 Å². The van der Waals surface area contributed by atoms with Gasteiger partial charge in [-0.2, -0.15) is 0 Å². The molecule has 2 nitrogen and oxygen atoms in total. The van der Waals surface area contributed by atoms with Gasteiger partial charge < -0.3 is 0 Å². The average Bonchev–Trinajstić information content (AvgIpc) is 2.37. The molecule has 0 atom stereocenters.